The van der Waals surface area contributed by atoms with Crippen LogP contribution in [0.25, 0.3) is 5.57 Å². The van der Waals surface area contributed by atoms with Crippen molar-refractivity contribution in [3.8, 4) is 5.75 Å². The van der Waals surface area contributed by atoms with Gasteiger partial charge >= 0.3 is 0 Å². The maximum atomic E-state index is 12.2. The predicted octanol–water partition coefficient (Wildman–Crippen LogP) is 2.66. The van der Waals surface area contributed by atoms with E-state index in [0.29, 0.717) is 22.6 Å². The minimum Gasteiger partial charge on any atom is -0.489 e. The summed E-state index contributed by atoms with van der Waals surface area (Å²) in [6, 6.07) is 12.9. The van der Waals surface area contributed by atoms with Gasteiger partial charge in [0.05, 0.1) is 4.90 Å². The van der Waals surface area contributed by atoms with Crippen molar-refractivity contribution in [3.05, 3.63) is 64.6 Å². The van der Waals surface area contributed by atoms with Crippen molar-refractivity contribution in [3.63, 3.8) is 0 Å². The Morgan fingerprint density at radius 3 is 2.50 bits per heavy atom. The summed E-state index contributed by atoms with van der Waals surface area (Å²) in [5, 5.41) is 1.28. The lowest BCUT2D eigenvalue weighted by Crippen LogP contribution is -2.01. The Morgan fingerprint density at radius 2 is 1.82 bits per heavy atom. The molecule has 4 nitrogen and oxygen atoms in total. The molecule has 114 valence electrons. The first-order valence-corrected chi connectivity index (χ1v) is 8.53. The van der Waals surface area contributed by atoms with Gasteiger partial charge in [-0.15, -0.1) is 0 Å². The molecular weight excluding hydrogens is 298 g/mol. The van der Waals surface area contributed by atoms with Crippen LogP contribution in [0.5, 0.6) is 5.75 Å². The van der Waals surface area contributed by atoms with Gasteiger partial charge in [-0.05, 0) is 30.7 Å². The van der Waals surface area contributed by atoms with Crippen LogP contribution in [0.2, 0.25) is 0 Å². The second kappa shape index (κ2) is 5.59. The van der Waals surface area contributed by atoms with Crippen molar-refractivity contribution in [1.29, 1.82) is 0 Å². The molecule has 0 saturated heterocycles. The van der Waals surface area contributed by atoms with Crippen LogP contribution in [0.1, 0.15) is 16.7 Å². The average molecular weight is 315 g/mol. The Labute approximate surface area is 130 Å². The summed E-state index contributed by atoms with van der Waals surface area (Å²) in [6.45, 7) is 2.54. The number of sulfone groups is 1. The lowest BCUT2D eigenvalue weighted by atomic mass is 10.1. The number of benzene rings is 2. The normalized spacial score (nSPS) is 15.3. The van der Waals surface area contributed by atoms with Gasteiger partial charge < -0.3 is 10.5 Å². The lowest BCUT2D eigenvalue weighted by Gasteiger charge is -2.09. The SMILES string of the molecule is Cc1ccc(OCC2=CS(=O)(=O)c3cc(CN)ccc32)cc1. The summed E-state index contributed by atoms with van der Waals surface area (Å²) in [7, 11) is -3.40. The smallest absolute Gasteiger partial charge is 0.200 e. The molecule has 0 atom stereocenters. The number of ether oxygens (including phenoxy) is 1. The van der Waals surface area contributed by atoms with Crippen molar-refractivity contribution < 1.29 is 13.2 Å². The first-order chi connectivity index (χ1) is 10.5. The van der Waals surface area contributed by atoms with E-state index in [4.69, 9.17) is 10.5 Å². The van der Waals surface area contributed by atoms with Crippen LogP contribution >= 0.6 is 0 Å². The highest BCUT2D eigenvalue weighted by Gasteiger charge is 2.27. The van der Waals surface area contributed by atoms with Gasteiger partial charge in [0.2, 0.25) is 9.84 Å². The maximum Gasteiger partial charge on any atom is 0.200 e. The molecule has 0 bridgehead atoms. The molecule has 0 aliphatic carbocycles. The second-order valence-electron chi connectivity index (χ2n) is 5.32. The quantitative estimate of drug-likeness (QED) is 0.941. The second-order valence-corrected chi connectivity index (χ2v) is 7.09. The van der Waals surface area contributed by atoms with Gasteiger partial charge in [0.1, 0.15) is 12.4 Å². The molecule has 22 heavy (non-hydrogen) atoms. The molecule has 2 aromatic carbocycles. The zero-order chi connectivity index (χ0) is 15.7. The molecule has 5 heteroatoms. The van der Waals surface area contributed by atoms with Crippen LogP contribution < -0.4 is 10.5 Å². The fraction of sp³-hybridized carbons (Fsp3) is 0.176. The van der Waals surface area contributed by atoms with Crippen LogP contribution in [-0.4, -0.2) is 15.0 Å². The van der Waals surface area contributed by atoms with Gasteiger partial charge in [-0.2, -0.15) is 0 Å². The molecule has 1 aliphatic heterocycles. The average Bonchev–Trinajstić information content (AvgIpc) is 2.77. The lowest BCUT2D eigenvalue weighted by molar-refractivity contribution is 0.370. The Morgan fingerprint density at radius 1 is 1.09 bits per heavy atom. The van der Waals surface area contributed by atoms with Gasteiger partial charge in [0.25, 0.3) is 0 Å². The minimum atomic E-state index is -3.40. The zero-order valence-corrected chi connectivity index (χ0v) is 13.1. The van der Waals surface area contributed by atoms with E-state index < -0.39 is 9.84 Å². The number of aryl methyl sites for hydroxylation is 1. The Kier molecular flexibility index (Phi) is 3.76. The number of nitrogens with two attached hydrogens (primary N) is 1. The highest BCUT2D eigenvalue weighted by Crippen LogP contribution is 2.34. The monoisotopic (exact) mass is 315 g/mol. The fourth-order valence-corrected chi connectivity index (χ4v) is 3.93. The summed E-state index contributed by atoms with van der Waals surface area (Å²) in [4.78, 5) is 0.318. The number of hydrogen-bond donors (Lipinski definition) is 1. The van der Waals surface area contributed by atoms with E-state index in [1.807, 2.05) is 37.3 Å². The maximum absolute atomic E-state index is 12.2. The van der Waals surface area contributed by atoms with Crippen molar-refractivity contribution in [2.24, 2.45) is 5.73 Å². The van der Waals surface area contributed by atoms with Crippen molar-refractivity contribution >= 4 is 15.4 Å². The Bertz CT molecular complexity index is 837. The highest BCUT2D eigenvalue weighted by atomic mass is 32.2. The summed E-state index contributed by atoms with van der Waals surface area (Å²) in [6.07, 6.45) is 0. The van der Waals surface area contributed by atoms with Gasteiger partial charge in [0.15, 0.2) is 0 Å². The molecule has 0 spiro atoms. The van der Waals surface area contributed by atoms with Crippen LogP contribution in [0.3, 0.4) is 0 Å². The molecule has 1 aliphatic rings. The van der Waals surface area contributed by atoms with E-state index in [9.17, 15) is 8.42 Å². The standard InChI is InChI=1S/C17H17NO3S/c1-12-2-5-15(6-3-12)21-10-14-11-22(19,20)17-8-13(9-18)4-7-16(14)17/h2-8,11H,9-10,18H2,1H3. The number of rotatable bonds is 4. The third kappa shape index (κ3) is 2.77. The van der Waals surface area contributed by atoms with Crippen molar-refractivity contribution in [2.45, 2.75) is 18.4 Å². The van der Waals surface area contributed by atoms with E-state index in [-0.39, 0.29) is 6.61 Å². The number of fused-ring (bicyclic) bond motifs is 1. The van der Waals surface area contributed by atoms with Gasteiger partial charge in [-0.1, -0.05) is 29.8 Å². The topological polar surface area (TPSA) is 69.4 Å². The molecule has 0 fully saturated rings. The molecule has 0 unspecified atom stereocenters. The van der Waals surface area contributed by atoms with E-state index >= 15 is 0 Å². The molecule has 3 rings (SSSR count). The largest absolute Gasteiger partial charge is 0.489 e. The van der Waals surface area contributed by atoms with Gasteiger partial charge in [-0.25, -0.2) is 8.42 Å². The van der Waals surface area contributed by atoms with Crippen molar-refractivity contribution in [1.82, 2.24) is 0 Å². The predicted molar refractivity (Wildman–Crippen MR) is 86.2 cm³/mol. The molecule has 0 amide bonds. The van der Waals surface area contributed by atoms with Gasteiger partial charge in [0, 0.05) is 23.1 Å². The summed E-state index contributed by atoms with van der Waals surface area (Å²) < 4.78 is 30.1. The van der Waals surface area contributed by atoms with Crippen molar-refractivity contribution in [2.75, 3.05) is 6.61 Å². The summed E-state index contributed by atoms with van der Waals surface area (Å²) in [5.74, 6) is 0.718. The third-order valence-corrected chi connectivity index (χ3v) is 5.19. The van der Waals surface area contributed by atoms with E-state index in [1.165, 1.54) is 5.41 Å². The van der Waals surface area contributed by atoms with Crippen LogP contribution in [0, 0.1) is 6.92 Å². The first kappa shape index (κ1) is 14.8. The van der Waals surface area contributed by atoms with E-state index in [2.05, 4.69) is 0 Å². The summed E-state index contributed by atoms with van der Waals surface area (Å²) in [5.41, 5.74) is 8.89. The Hall–Kier alpha value is -2.11. The molecule has 0 saturated carbocycles. The molecule has 2 N–H and O–H groups in total. The zero-order valence-electron chi connectivity index (χ0n) is 12.2. The van der Waals surface area contributed by atoms with Crippen LogP contribution in [0.4, 0.5) is 0 Å². The first-order valence-electron chi connectivity index (χ1n) is 6.98. The molecule has 0 aromatic heterocycles. The van der Waals surface area contributed by atoms with E-state index in [1.54, 1.807) is 12.1 Å². The molecular formula is C17H17NO3S. The van der Waals surface area contributed by atoms with Crippen LogP contribution in [0.15, 0.2) is 52.8 Å². The van der Waals surface area contributed by atoms with Crippen LogP contribution in [-0.2, 0) is 16.4 Å². The number of hydrogen-bond acceptors (Lipinski definition) is 4. The van der Waals surface area contributed by atoms with Gasteiger partial charge in [-0.3, -0.25) is 0 Å². The molecule has 2 aromatic rings. The Balaban J connectivity index is 1.86. The summed E-state index contributed by atoms with van der Waals surface area (Å²) >= 11 is 0. The minimum absolute atomic E-state index is 0.220. The molecule has 0 radical (unpaired) electrons. The van der Waals surface area contributed by atoms with E-state index in [0.717, 1.165) is 16.9 Å². The third-order valence-electron chi connectivity index (χ3n) is 3.65. The fourth-order valence-electron chi connectivity index (χ4n) is 2.42. The molecule has 1 heterocycles. The highest BCUT2D eigenvalue weighted by molar-refractivity contribution is 7.95.